The molecule has 3 nitrogen and oxygen atoms in total. The lowest BCUT2D eigenvalue weighted by atomic mass is 10.1. The van der Waals surface area contributed by atoms with Gasteiger partial charge in [-0.1, -0.05) is 26.7 Å². The van der Waals surface area contributed by atoms with Crippen LogP contribution in [0, 0.1) is 0 Å². The predicted molar refractivity (Wildman–Crippen MR) is 55.6 cm³/mol. The molecule has 0 unspecified atom stereocenters. The number of unbranched alkanes of at least 4 members (excludes halogenated alkanes) is 1. The first kappa shape index (κ1) is 10.1. The van der Waals surface area contributed by atoms with Crippen molar-refractivity contribution in [1.82, 2.24) is 10.2 Å². The van der Waals surface area contributed by atoms with E-state index in [1.54, 1.807) is 0 Å². The van der Waals surface area contributed by atoms with Gasteiger partial charge in [-0.3, -0.25) is 5.10 Å². The number of anilines is 1. The van der Waals surface area contributed by atoms with Gasteiger partial charge in [-0.25, -0.2) is 0 Å². The highest BCUT2D eigenvalue weighted by Gasteiger charge is 2.08. The Kier molecular flexibility index (Phi) is 3.80. The number of aromatic amines is 1. The third-order valence-corrected chi connectivity index (χ3v) is 2.27. The van der Waals surface area contributed by atoms with Crippen LogP contribution < -0.4 is 5.73 Å². The predicted octanol–water partition coefficient (Wildman–Crippen LogP) is 2.29. The molecule has 0 radical (unpaired) electrons. The minimum Gasteiger partial charge on any atom is -0.382 e. The molecule has 0 fully saturated rings. The molecular formula is C10H19N3. The number of H-pyrrole nitrogens is 1. The maximum absolute atomic E-state index is 5.76. The van der Waals surface area contributed by atoms with Crippen molar-refractivity contribution in [2.24, 2.45) is 0 Å². The van der Waals surface area contributed by atoms with E-state index in [0.29, 0.717) is 5.82 Å². The van der Waals surface area contributed by atoms with Gasteiger partial charge in [0, 0.05) is 11.3 Å². The van der Waals surface area contributed by atoms with Crippen LogP contribution in [0.4, 0.5) is 5.82 Å². The van der Waals surface area contributed by atoms with Gasteiger partial charge in [0.2, 0.25) is 0 Å². The van der Waals surface area contributed by atoms with Crippen LogP contribution in [0.25, 0.3) is 0 Å². The maximum Gasteiger partial charge on any atom is 0.148 e. The van der Waals surface area contributed by atoms with Crippen molar-refractivity contribution >= 4 is 5.82 Å². The fraction of sp³-hybridized carbons (Fsp3) is 0.700. The van der Waals surface area contributed by atoms with Crippen molar-refractivity contribution in [3.05, 3.63) is 11.3 Å². The first-order valence-electron chi connectivity index (χ1n) is 5.11. The van der Waals surface area contributed by atoms with Gasteiger partial charge in [-0.2, -0.15) is 5.10 Å². The van der Waals surface area contributed by atoms with Crippen LogP contribution in [0.3, 0.4) is 0 Å². The summed E-state index contributed by atoms with van der Waals surface area (Å²) < 4.78 is 0. The average molecular weight is 181 g/mol. The van der Waals surface area contributed by atoms with Crippen molar-refractivity contribution < 1.29 is 0 Å². The quantitative estimate of drug-likeness (QED) is 0.732. The van der Waals surface area contributed by atoms with E-state index in [4.69, 9.17) is 5.73 Å². The van der Waals surface area contributed by atoms with E-state index >= 15 is 0 Å². The molecule has 0 spiro atoms. The fourth-order valence-corrected chi connectivity index (χ4v) is 1.51. The summed E-state index contributed by atoms with van der Waals surface area (Å²) in [5.41, 5.74) is 8.23. The molecule has 74 valence electrons. The third kappa shape index (κ3) is 2.47. The summed E-state index contributed by atoms with van der Waals surface area (Å²) in [6, 6.07) is 0. The Morgan fingerprint density at radius 1 is 1.23 bits per heavy atom. The molecular weight excluding hydrogens is 162 g/mol. The van der Waals surface area contributed by atoms with Gasteiger partial charge in [0.1, 0.15) is 5.82 Å². The number of nitrogens with zero attached hydrogens (tertiary/aromatic N) is 1. The summed E-state index contributed by atoms with van der Waals surface area (Å²) in [6.07, 6.45) is 5.67. The van der Waals surface area contributed by atoms with Crippen LogP contribution in [0.1, 0.15) is 44.4 Å². The van der Waals surface area contributed by atoms with E-state index < -0.39 is 0 Å². The Morgan fingerprint density at radius 2 is 2.00 bits per heavy atom. The lowest BCUT2D eigenvalue weighted by molar-refractivity contribution is 0.760. The minimum atomic E-state index is 0.688. The average Bonchev–Trinajstić information content (AvgIpc) is 2.46. The lowest BCUT2D eigenvalue weighted by Crippen LogP contribution is -1.95. The number of aromatic nitrogens is 2. The summed E-state index contributed by atoms with van der Waals surface area (Å²) in [5.74, 6) is 0.688. The molecule has 3 N–H and O–H groups in total. The number of hydrogen-bond donors (Lipinski definition) is 2. The molecule has 0 aliphatic rings. The lowest BCUT2D eigenvalue weighted by Gasteiger charge is -2.00. The molecule has 1 aromatic rings. The van der Waals surface area contributed by atoms with Crippen LogP contribution in [0.2, 0.25) is 0 Å². The zero-order chi connectivity index (χ0) is 9.68. The van der Waals surface area contributed by atoms with Crippen LogP contribution in [0.15, 0.2) is 0 Å². The fourth-order valence-electron chi connectivity index (χ4n) is 1.51. The van der Waals surface area contributed by atoms with Crippen molar-refractivity contribution in [2.45, 2.75) is 46.0 Å². The van der Waals surface area contributed by atoms with Crippen LogP contribution in [-0.4, -0.2) is 10.2 Å². The summed E-state index contributed by atoms with van der Waals surface area (Å²) in [5, 5.41) is 7.06. The molecule has 0 bridgehead atoms. The van der Waals surface area contributed by atoms with E-state index in [-0.39, 0.29) is 0 Å². The van der Waals surface area contributed by atoms with Crippen LogP contribution in [-0.2, 0) is 12.8 Å². The van der Waals surface area contributed by atoms with Crippen LogP contribution >= 0.6 is 0 Å². The Hall–Kier alpha value is -0.990. The number of nitrogens with one attached hydrogen (secondary N) is 1. The molecule has 1 heterocycles. The molecule has 0 saturated heterocycles. The summed E-state index contributed by atoms with van der Waals surface area (Å²) in [7, 11) is 0. The summed E-state index contributed by atoms with van der Waals surface area (Å²) >= 11 is 0. The van der Waals surface area contributed by atoms with Gasteiger partial charge in [0.25, 0.3) is 0 Å². The van der Waals surface area contributed by atoms with Crippen molar-refractivity contribution in [3.8, 4) is 0 Å². The second-order valence-electron chi connectivity index (χ2n) is 3.42. The smallest absolute Gasteiger partial charge is 0.148 e. The van der Waals surface area contributed by atoms with Crippen molar-refractivity contribution in [2.75, 3.05) is 5.73 Å². The van der Waals surface area contributed by atoms with E-state index in [1.165, 1.54) is 24.1 Å². The molecule has 1 aromatic heterocycles. The second-order valence-corrected chi connectivity index (χ2v) is 3.42. The molecule has 0 aromatic carbocycles. The SMILES string of the molecule is CCCCc1[nH]nc(N)c1CCC. The van der Waals surface area contributed by atoms with E-state index in [2.05, 4.69) is 24.0 Å². The summed E-state index contributed by atoms with van der Waals surface area (Å²) in [6.45, 7) is 4.36. The number of nitrogen functional groups attached to an aromatic ring is 1. The molecule has 0 amide bonds. The topological polar surface area (TPSA) is 54.7 Å². The monoisotopic (exact) mass is 181 g/mol. The van der Waals surface area contributed by atoms with Gasteiger partial charge in [-0.05, 0) is 19.3 Å². The van der Waals surface area contributed by atoms with E-state index in [0.717, 1.165) is 19.3 Å². The highest BCUT2D eigenvalue weighted by molar-refractivity contribution is 5.42. The Labute approximate surface area is 79.7 Å². The number of aryl methyl sites for hydroxylation is 1. The Balaban J connectivity index is 2.68. The van der Waals surface area contributed by atoms with Crippen molar-refractivity contribution in [1.29, 1.82) is 0 Å². The van der Waals surface area contributed by atoms with Gasteiger partial charge >= 0.3 is 0 Å². The Bertz CT molecular complexity index is 253. The van der Waals surface area contributed by atoms with Crippen molar-refractivity contribution in [3.63, 3.8) is 0 Å². The van der Waals surface area contributed by atoms with Gasteiger partial charge in [0.05, 0.1) is 0 Å². The Morgan fingerprint density at radius 3 is 2.62 bits per heavy atom. The molecule has 0 aliphatic heterocycles. The number of nitrogens with two attached hydrogens (primary N) is 1. The first-order valence-corrected chi connectivity index (χ1v) is 5.11. The standard InChI is InChI=1S/C10H19N3/c1-3-5-7-9-8(6-4-2)10(11)13-12-9/h3-7H2,1-2H3,(H3,11,12,13). The molecule has 3 heteroatoms. The van der Waals surface area contributed by atoms with Gasteiger partial charge < -0.3 is 5.73 Å². The maximum atomic E-state index is 5.76. The third-order valence-electron chi connectivity index (χ3n) is 2.27. The molecule has 0 saturated carbocycles. The highest BCUT2D eigenvalue weighted by Crippen LogP contribution is 2.17. The van der Waals surface area contributed by atoms with Gasteiger partial charge in [0.15, 0.2) is 0 Å². The second kappa shape index (κ2) is 4.90. The normalized spacial score (nSPS) is 10.6. The van der Waals surface area contributed by atoms with E-state index in [9.17, 15) is 0 Å². The van der Waals surface area contributed by atoms with Crippen LogP contribution in [0.5, 0.6) is 0 Å². The summed E-state index contributed by atoms with van der Waals surface area (Å²) in [4.78, 5) is 0. The molecule has 1 rings (SSSR count). The zero-order valence-electron chi connectivity index (χ0n) is 8.56. The molecule has 0 atom stereocenters. The highest BCUT2D eigenvalue weighted by atomic mass is 15.2. The first-order chi connectivity index (χ1) is 6.29. The van der Waals surface area contributed by atoms with Gasteiger partial charge in [-0.15, -0.1) is 0 Å². The number of hydrogen-bond acceptors (Lipinski definition) is 2. The largest absolute Gasteiger partial charge is 0.382 e. The number of rotatable bonds is 5. The molecule has 0 aliphatic carbocycles. The minimum absolute atomic E-state index is 0.688. The molecule has 13 heavy (non-hydrogen) atoms. The van der Waals surface area contributed by atoms with E-state index in [1.807, 2.05) is 0 Å². The zero-order valence-corrected chi connectivity index (χ0v) is 8.56.